The molecule has 0 unspecified atom stereocenters. The lowest BCUT2D eigenvalue weighted by molar-refractivity contribution is -0.126. The van der Waals surface area contributed by atoms with Crippen LogP contribution in [0.3, 0.4) is 0 Å². The quantitative estimate of drug-likeness (QED) is 0.207. The molecule has 1 atom stereocenters. The first-order valence-electron chi connectivity index (χ1n) is 12.5. The van der Waals surface area contributed by atoms with Crippen molar-refractivity contribution in [3.8, 4) is 11.5 Å². The van der Waals surface area contributed by atoms with E-state index < -0.39 is 5.41 Å². The second-order valence-corrected chi connectivity index (χ2v) is 9.45. The number of aromatic amines is 1. The van der Waals surface area contributed by atoms with Crippen LogP contribution in [0, 0.1) is 11.6 Å². The Bertz CT molecular complexity index is 1330. The summed E-state index contributed by atoms with van der Waals surface area (Å²) in [7, 11) is 0. The lowest BCUT2D eigenvalue weighted by Crippen LogP contribution is -2.45. The van der Waals surface area contributed by atoms with Crippen molar-refractivity contribution in [2.45, 2.75) is 38.8 Å². The van der Waals surface area contributed by atoms with Gasteiger partial charge in [0, 0.05) is 23.6 Å². The molecule has 0 bridgehead atoms. The van der Waals surface area contributed by atoms with Crippen molar-refractivity contribution in [1.82, 2.24) is 15.3 Å². The van der Waals surface area contributed by atoms with E-state index in [2.05, 4.69) is 20.6 Å². The molecule has 0 fully saturated rings. The van der Waals surface area contributed by atoms with Gasteiger partial charge in [-0.15, -0.1) is 0 Å². The average molecular weight is 551 g/mol. The van der Waals surface area contributed by atoms with Gasteiger partial charge in [0.15, 0.2) is 0 Å². The first kappa shape index (κ1) is 30.0. The predicted molar refractivity (Wildman–Crippen MR) is 148 cm³/mol. The Morgan fingerprint density at radius 3 is 2.10 bits per heavy atom. The van der Waals surface area contributed by atoms with E-state index >= 15 is 0 Å². The Hall–Kier alpha value is -4.57. The zero-order chi connectivity index (χ0) is 29.0. The third-order valence-corrected chi connectivity index (χ3v) is 5.80. The molecule has 2 amide bonds. The molecule has 0 saturated carbocycles. The van der Waals surface area contributed by atoms with Crippen molar-refractivity contribution in [2.24, 2.45) is 0 Å². The van der Waals surface area contributed by atoms with E-state index in [0.29, 0.717) is 36.8 Å². The number of anilines is 1. The summed E-state index contributed by atoms with van der Waals surface area (Å²) < 4.78 is 36.5. The minimum absolute atomic E-state index is 0.0976. The molecule has 210 valence electrons. The summed E-state index contributed by atoms with van der Waals surface area (Å²) in [5.74, 6) is 0.508. The molecule has 0 saturated heterocycles. The number of ether oxygens (including phenoxy) is 2. The fraction of sp³-hybridized carbons (Fsp3) is 0.233. The van der Waals surface area contributed by atoms with Gasteiger partial charge in [-0.3, -0.25) is 9.59 Å². The monoisotopic (exact) mass is 550 g/mol. The van der Waals surface area contributed by atoms with E-state index in [1.807, 2.05) is 20.8 Å². The van der Waals surface area contributed by atoms with Crippen LogP contribution in [0.1, 0.15) is 32.0 Å². The Kier molecular flexibility index (Phi) is 10.9. The van der Waals surface area contributed by atoms with Crippen LogP contribution in [-0.2, 0) is 26.3 Å². The Labute approximate surface area is 231 Å². The Balaban J connectivity index is 0.000000230. The number of halogens is 2. The summed E-state index contributed by atoms with van der Waals surface area (Å²) in [5.41, 5.74) is 1.64. The number of H-pyrrole nitrogens is 1. The van der Waals surface area contributed by atoms with E-state index in [9.17, 15) is 18.4 Å². The van der Waals surface area contributed by atoms with Gasteiger partial charge in [0.1, 0.15) is 23.1 Å². The van der Waals surface area contributed by atoms with E-state index in [-0.39, 0.29) is 23.6 Å². The smallest absolute Gasteiger partial charge is 0.231 e. The molecule has 4 rings (SSSR count). The van der Waals surface area contributed by atoms with Crippen molar-refractivity contribution in [1.29, 1.82) is 0 Å². The number of carbonyl (C=O) groups is 2. The highest BCUT2D eigenvalue weighted by atomic mass is 19.1. The highest BCUT2D eigenvalue weighted by molar-refractivity contribution is 5.86. The van der Waals surface area contributed by atoms with Gasteiger partial charge in [-0.25, -0.2) is 13.8 Å². The maximum absolute atomic E-state index is 12.8. The van der Waals surface area contributed by atoms with Gasteiger partial charge in [0.25, 0.3) is 0 Å². The fourth-order valence-electron chi connectivity index (χ4n) is 3.43. The Morgan fingerprint density at radius 2 is 1.55 bits per heavy atom. The number of aromatic nitrogens is 2. The summed E-state index contributed by atoms with van der Waals surface area (Å²) in [6.07, 6.45) is 3.81. The van der Waals surface area contributed by atoms with Crippen LogP contribution in [0.2, 0.25) is 0 Å². The summed E-state index contributed by atoms with van der Waals surface area (Å²) in [6.45, 7) is 6.31. The van der Waals surface area contributed by atoms with Crippen LogP contribution >= 0.6 is 0 Å². The first-order valence-corrected chi connectivity index (χ1v) is 12.5. The minimum Gasteiger partial charge on any atom is -0.457 e. The van der Waals surface area contributed by atoms with Gasteiger partial charge in [0.2, 0.25) is 12.3 Å². The van der Waals surface area contributed by atoms with E-state index in [1.54, 1.807) is 61.1 Å². The molecule has 0 aliphatic heterocycles. The van der Waals surface area contributed by atoms with Crippen LogP contribution in [-0.4, -0.2) is 34.9 Å². The number of carbonyl (C=O) groups excluding carboxylic acids is 2. The Morgan fingerprint density at radius 1 is 0.975 bits per heavy atom. The van der Waals surface area contributed by atoms with Crippen LogP contribution in [0.5, 0.6) is 11.5 Å². The van der Waals surface area contributed by atoms with Gasteiger partial charge in [0.05, 0.1) is 25.0 Å². The van der Waals surface area contributed by atoms with E-state index in [0.717, 1.165) is 11.3 Å². The number of nitrogens with one attached hydrogen (secondary N) is 3. The number of amides is 2. The number of imidazole rings is 1. The zero-order valence-electron chi connectivity index (χ0n) is 22.5. The SMILES string of the molecule is C[C@H](COCc1ccc(F)cc1)NC(=O)C(C)(C)c1cnc[nH]1.O=CNc1ccc(Oc2ccc(F)cc2)cc1. The van der Waals surface area contributed by atoms with Gasteiger partial charge < -0.3 is 25.1 Å². The van der Waals surface area contributed by atoms with E-state index in [4.69, 9.17) is 9.47 Å². The summed E-state index contributed by atoms with van der Waals surface area (Å²) in [6, 6.07) is 18.7. The van der Waals surface area contributed by atoms with Gasteiger partial charge in [-0.1, -0.05) is 12.1 Å². The maximum Gasteiger partial charge on any atom is 0.231 e. The third-order valence-electron chi connectivity index (χ3n) is 5.80. The highest BCUT2D eigenvalue weighted by Gasteiger charge is 2.31. The average Bonchev–Trinajstić information content (AvgIpc) is 3.49. The molecule has 3 aromatic carbocycles. The standard InChI is InChI=1S/C17H22FN3O2.C13H10FNO2/c1-12(9-23-10-13-4-6-14(18)7-5-13)21-16(22)17(2,3)15-8-19-11-20-15;14-10-1-5-12(6-2-10)17-13-7-3-11(4-8-13)15-9-16/h4-8,11-12H,9-10H2,1-3H3,(H,19,20)(H,21,22);1-9H,(H,15,16)/t12-;/m1./s1. The van der Waals surface area contributed by atoms with Crippen molar-refractivity contribution >= 4 is 18.0 Å². The van der Waals surface area contributed by atoms with Crippen LogP contribution in [0.4, 0.5) is 14.5 Å². The summed E-state index contributed by atoms with van der Waals surface area (Å²) in [4.78, 5) is 29.5. The summed E-state index contributed by atoms with van der Waals surface area (Å²) in [5, 5.41) is 5.45. The molecule has 10 heteroatoms. The second-order valence-electron chi connectivity index (χ2n) is 9.45. The van der Waals surface area contributed by atoms with Crippen molar-refractivity contribution < 1.29 is 27.8 Å². The lowest BCUT2D eigenvalue weighted by Gasteiger charge is -2.24. The largest absolute Gasteiger partial charge is 0.457 e. The summed E-state index contributed by atoms with van der Waals surface area (Å²) >= 11 is 0. The molecule has 8 nitrogen and oxygen atoms in total. The highest BCUT2D eigenvalue weighted by Crippen LogP contribution is 2.23. The van der Waals surface area contributed by atoms with Gasteiger partial charge in [-0.05, 0) is 87.0 Å². The third kappa shape index (κ3) is 9.32. The van der Waals surface area contributed by atoms with Crippen LogP contribution < -0.4 is 15.4 Å². The minimum atomic E-state index is -0.693. The predicted octanol–water partition coefficient (Wildman–Crippen LogP) is 5.73. The molecule has 0 aliphatic carbocycles. The molecule has 0 spiro atoms. The molecule has 4 aromatic rings. The number of hydrogen-bond donors (Lipinski definition) is 3. The molecule has 1 heterocycles. The number of nitrogens with zero attached hydrogens (tertiary/aromatic N) is 1. The maximum atomic E-state index is 12.8. The number of hydrogen-bond acceptors (Lipinski definition) is 5. The molecule has 40 heavy (non-hydrogen) atoms. The van der Waals surface area contributed by atoms with Crippen molar-refractivity contribution in [3.63, 3.8) is 0 Å². The molecule has 0 aliphatic rings. The second kappa shape index (κ2) is 14.5. The zero-order valence-corrected chi connectivity index (χ0v) is 22.5. The first-order chi connectivity index (χ1) is 19.2. The molecule has 0 radical (unpaired) electrons. The van der Waals surface area contributed by atoms with Gasteiger partial charge in [-0.2, -0.15) is 0 Å². The molecule has 3 N–H and O–H groups in total. The van der Waals surface area contributed by atoms with E-state index in [1.165, 1.54) is 24.3 Å². The fourth-order valence-corrected chi connectivity index (χ4v) is 3.43. The lowest BCUT2D eigenvalue weighted by atomic mass is 9.88. The van der Waals surface area contributed by atoms with Crippen LogP contribution in [0.15, 0.2) is 85.3 Å². The number of rotatable bonds is 11. The topological polar surface area (TPSA) is 105 Å². The normalized spacial score (nSPS) is 11.5. The van der Waals surface area contributed by atoms with Crippen LogP contribution in [0.25, 0.3) is 0 Å². The number of benzene rings is 3. The molecular formula is C30H32F2N4O4. The van der Waals surface area contributed by atoms with Crippen molar-refractivity contribution in [3.05, 3.63) is 108 Å². The van der Waals surface area contributed by atoms with Crippen molar-refractivity contribution in [2.75, 3.05) is 11.9 Å². The van der Waals surface area contributed by atoms with Gasteiger partial charge >= 0.3 is 0 Å². The molecular weight excluding hydrogens is 518 g/mol. The molecule has 1 aromatic heterocycles.